The van der Waals surface area contributed by atoms with E-state index in [4.69, 9.17) is 9.84 Å². The first-order chi connectivity index (χ1) is 26.4. The maximum Gasteiger partial charge on any atom is 0.308 e. The van der Waals surface area contributed by atoms with Gasteiger partial charge in [-0.25, -0.2) is 0 Å². The Balaban J connectivity index is 4.59. The van der Waals surface area contributed by atoms with Crippen molar-refractivity contribution in [2.24, 2.45) is 5.92 Å². The van der Waals surface area contributed by atoms with Gasteiger partial charge in [0.05, 0.1) is 37.0 Å². The molecule has 0 rings (SSSR count). The van der Waals surface area contributed by atoms with Crippen molar-refractivity contribution in [2.45, 2.75) is 232 Å². The zero-order valence-electron chi connectivity index (χ0n) is 36.4. The molecular weight excluding hydrogens is 693 g/mol. The van der Waals surface area contributed by atoms with Crippen LogP contribution in [0.4, 0.5) is 0 Å². The van der Waals surface area contributed by atoms with Gasteiger partial charge in [-0.05, 0) is 39.2 Å². The fraction of sp³-hybridized carbons (Fsp3) is 0.957. The highest BCUT2D eigenvalue weighted by Gasteiger charge is 2.22. The second-order valence-corrected chi connectivity index (χ2v) is 17.4. The summed E-state index contributed by atoms with van der Waals surface area (Å²) in [6.45, 7) is 8.86. The van der Waals surface area contributed by atoms with Crippen molar-refractivity contribution in [1.29, 1.82) is 0 Å². The lowest BCUT2D eigenvalue weighted by Crippen LogP contribution is -2.44. The third-order valence-corrected chi connectivity index (χ3v) is 12.0. The van der Waals surface area contributed by atoms with Gasteiger partial charge in [-0.2, -0.15) is 11.8 Å². The van der Waals surface area contributed by atoms with E-state index in [1.165, 1.54) is 122 Å². The van der Waals surface area contributed by atoms with Gasteiger partial charge in [0, 0.05) is 18.8 Å². The Morgan fingerprint density at radius 1 is 0.593 bits per heavy atom. The van der Waals surface area contributed by atoms with E-state index >= 15 is 0 Å². The molecule has 0 aromatic rings. The number of likely N-dealkylation sites (N-methyl/N-ethyl adjacent to an activating group) is 1. The molecule has 1 amide bonds. The first kappa shape index (κ1) is 53.2. The first-order valence-corrected chi connectivity index (χ1v) is 24.6. The fourth-order valence-corrected chi connectivity index (χ4v) is 8.18. The van der Waals surface area contributed by atoms with Crippen LogP contribution in [0, 0.1) is 5.92 Å². The minimum absolute atomic E-state index is 0.00338. The number of hydrogen-bond donors (Lipinski definition) is 3. The lowest BCUT2D eigenvalue weighted by Gasteiger charge is -2.24. The summed E-state index contributed by atoms with van der Waals surface area (Å²) in [6.07, 6.45) is 35.9. The molecule has 0 aliphatic rings. The van der Waals surface area contributed by atoms with Crippen LogP contribution in [-0.2, 0) is 14.3 Å². The van der Waals surface area contributed by atoms with Crippen LogP contribution < -0.4 is 5.32 Å². The number of aliphatic hydroxyl groups is 2. The van der Waals surface area contributed by atoms with E-state index in [2.05, 4.69) is 31.0 Å². The molecule has 0 spiro atoms. The third kappa shape index (κ3) is 35.6. The average Bonchev–Trinajstić information content (AvgIpc) is 3.16. The predicted octanol–water partition coefficient (Wildman–Crippen LogP) is 11.8. The number of nitrogens with zero attached hydrogens (tertiary/aromatic N) is 1. The van der Waals surface area contributed by atoms with Crippen molar-refractivity contribution in [3.8, 4) is 0 Å². The summed E-state index contributed by atoms with van der Waals surface area (Å²) in [6, 6.07) is -0.222. The van der Waals surface area contributed by atoms with Gasteiger partial charge in [-0.15, -0.1) is 0 Å². The summed E-state index contributed by atoms with van der Waals surface area (Å²) < 4.78 is 5.81. The van der Waals surface area contributed by atoms with E-state index in [1.807, 2.05) is 7.05 Å². The van der Waals surface area contributed by atoms with Gasteiger partial charge in [0.2, 0.25) is 5.91 Å². The minimum Gasteiger partial charge on any atom is -0.465 e. The van der Waals surface area contributed by atoms with Crippen molar-refractivity contribution >= 4 is 23.6 Å². The number of carbonyl (C=O) groups is 2. The topological polar surface area (TPSA) is 99.1 Å². The molecule has 3 atom stereocenters. The smallest absolute Gasteiger partial charge is 0.308 e. The van der Waals surface area contributed by atoms with Gasteiger partial charge in [0.1, 0.15) is 0 Å². The monoisotopic (exact) mass is 785 g/mol. The van der Waals surface area contributed by atoms with Crippen LogP contribution in [0.1, 0.15) is 220 Å². The van der Waals surface area contributed by atoms with Gasteiger partial charge in [0.25, 0.3) is 0 Å². The standard InChI is InChI=1S/C46H92N2O5S/c1-5-8-11-14-16-17-18-19-20-21-22-24-30-35-44(50)43(47-45(51)41-54-40-37-48(4)36-38-49)34-29-25-26-31-39-53-46(52)42(32-27-13-10-7-3)33-28-23-15-12-9-6-2/h42-44,49-50H,5-41H2,1-4H3,(H,47,51). The molecule has 3 N–H and O–H groups in total. The number of esters is 1. The van der Waals surface area contributed by atoms with Crippen LogP contribution in [0.3, 0.4) is 0 Å². The van der Waals surface area contributed by atoms with Gasteiger partial charge < -0.3 is 25.2 Å². The molecular formula is C46H92N2O5S. The Bertz CT molecular complexity index is 803. The molecule has 0 saturated heterocycles. The van der Waals surface area contributed by atoms with Crippen LogP contribution in [0.25, 0.3) is 0 Å². The lowest BCUT2D eigenvalue weighted by atomic mass is 9.94. The highest BCUT2D eigenvalue weighted by Crippen LogP contribution is 2.21. The molecule has 0 radical (unpaired) electrons. The van der Waals surface area contributed by atoms with E-state index in [9.17, 15) is 14.7 Å². The van der Waals surface area contributed by atoms with E-state index in [0.717, 1.165) is 89.3 Å². The van der Waals surface area contributed by atoms with E-state index in [-0.39, 0.29) is 30.4 Å². The Hall–Kier alpha value is -0.830. The van der Waals surface area contributed by atoms with E-state index < -0.39 is 6.10 Å². The molecule has 322 valence electrons. The summed E-state index contributed by atoms with van der Waals surface area (Å²) in [4.78, 5) is 28.0. The van der Waals surface area contributed by atoms with Crippen molar-refractivity contribution in [1.82, 2.24) is 10.2 Å². The highest BCUT2D eigenvalue weighted by molar-refractivity contribution is 7.99. The molecule has 0 aromatic heterocycles. The quantitative estimate of drug-likeness (QED) is 0.0418. The molecule has 0 aromatic carbocycles. The van der Waals surface area contributed by atoms with Crippen molar-refractivity contribution in [3.05, 3.63) is 0 Å². The SMILES string of the molecule is CCCCCCCCCCCCCCCC(O)C(CCCCCCOC(=O)C(CCCCCC)CCCCCCCC)NC(=O)CSCCN(C)CCO. The van der Waals surface area contributed by atoms with E-state index in [1.54, 1.807) is 11.8 Å². The van der Waals surface area contributed by atoms with Crippen LogP contribution in [0.15, 0.2) is 0 Å². The zero-order valence-corrected chi connectivity index (χ0v) is 37.2. The summed E-state index contributed by atoms with van der Waals surface area (Å²) in [5, 5.41) is 23.5. The molecule has 3 unspecified atom stereocenters. The highest BCUT2D eigenvalue weighted by atomic mass is 32.2. The minimum atomic E-state index is -0.524. The third-order valence-electron chi connectivity index (χ3n) is 11.0. The van der Waals surface area contributed by atoms with Gasteiger partial charge in [-0.1, -0.05) is 188 Å². The van der Waals surface area contributed by atoms with Crippen LogP contribution in [-0.4, -0.2) is 84.0 Å². The summed E-state index contributed by atoms with van der Waals surface area (Å²) >= 11 is 1.60. The van der Waals surface area contributed by atoms with Gasteiger partial charge >= 0.3 is 5.97 Å². The number of carbonyl (C=O) groups excluding carboxylic acids is 2. The number of hydrogen-bond acceptors (Lipinski definition) is 7. The number of unbranched alkanes of at least 4 members (excludes halogenated alkanes) is 23. The number of nitrogens with one attached hydrogen (secondary N) is 1. The Morgan fingerprint density at radius 3 is 1.52 bits per heavy atom. The number of ether oxygens (including phenoxy) is 1. The maximum absolute atomic E-state index is 13.0. The number of rotatable bonds is 43. The van der Waals surface area contributed by atoms with Crippen molar-refractivity contribution in [3.63, 3.8) is 0 Å². The second-order valence-electron chi connectivity index (χ2n) is 16.3. The lowest BCUT2D eigenvalue weighted by molar-refractivity contribution is -0.149. The van der Waals surface area contributed by atoms with Gasteiger partial charge in [-0.3, -0.25) is 9.59 Å². The Morgan fingerprint density at radius 2 is 1.02 bits per heavy atom. The second kappa shape index (κ2) is 41.8. The van der Waals surface area contributed by atoms with Crippen LogP contribution in [0.2, 0.25) is 0 Å². The fourth-order valence-electron chi connectivity index (χ4n) is 7.33. The summed E-state index contributed by atoms with van der Waals surface area (Å²) in [7, 11) is 1.98. The maximum atomic E-state index is 13.0. The molecule has 7 nitrogen and oxygen atoms in total. The molecule has 0 heterocycles. The molecule has 8 heteroatoms. The number of amides is 1. The Kier molecular flexibility index (Phi) is 41.2. The summed E-state index contributed by atoms with van der Waals surface area (Å²) in [5.41, 5.74) is 0. The largest absolute Gasteiger partial charge is 0.465 e. The molecule has 0 fully saturated rings. The normalized spacial score (nSPS) is 13.3. The van der Waals surface area contributed by atoms with Crippen molar-refractivity contribution < 1.29 is 24.5 Å². The molecule has 0 aliphatic heterocycles. The predicted molar refractivity (Wildman–Crippen MR) is 234 cm³/mol. The molecule has 0 saturated carbocycles. The number of thioether (sulfide) groups is 1. The molecule has 54 heavy (non-hydrogen) atoms. The van der Waals surface area contributed by atoms with Crippen LogP contribution in [0.5, 0.6) is 0 Å². The van der Waals surface area contributed by atoms with Gasteiger partial charge in [0.15, 0.2) is 0 Å². The van der Waals surface area contributed by atoms with E-state index in [0.29, 0.717) is 18.9 Å². The zero-order chi connectivity index (χ0) is 39.7. The Labute approximate surface area is 340 Å². The molecule has 0 bridgehead atoms. The van der Waals surface area contributed by atoms with Crippen LogP contribution >= 0.6 is 11.8 Å². The van der Waals surface area contributed by atoms with Crippen molar-refractivity contribution in [2.75, 3.05) is 44.9 Å². The summed E-state index contributed by atoms with van der Waals surface area (Å²) in [5.74, 6) is 1.28. The first-order valence-electron chi connectivity index (χ1n) is 23.4. The average molecular weight is 785 g/mol. The number of aliphatic hydroxyl groups excluding tert-OH is 2. The molecule has 0 aliphatic carbocycles.